The summed E-state index contributed by atoms with van der Waals surface area (Å²) in [5.74, 6) is 0.647. The molecule has 3 aliphatic rings. The summed E-state index contributed by atoms with van der Waals surface area (Å²) in [4.78, 5) is 11.8. The summed E-state index contributed by atoms with van der Waals surface area (Å²) in [7, 11) is -3.72. The number of aryl methyl sites for hydroxylation is 2. The van der Waals surface area contributed by atoms with Gasteiger partial charge in [0.2, 0.25) is 0 Å². The number of carbonyl (C=O) groups is 1. The molecule has 32 heavy (non-hydrogen) atoms. The SMILES string of the molecule is Cc1ccc(S(=O)(=O)OC[C@@H]2CCc3cc([C@H]4CC[C@]5(COC(=O)C5)C4)ccc3C2)cc1. The second-order valence-corrected chi connectivity index (χ2v) is 11.6. The van der Waals surface area contributed by atoms with Crippen molar-refractivity contribution in [1.29, 1.82) is 0 Å². The highest BCUT2D eigenvalue weighted by molar-refractivity contribution is 7.86. The molecule has 1 saturated heterocycles. The predicted molar refractivity (Wildman–Crippen MR) is 121 cm³/mol. The highest BCUT2D eigenvalue weighted by atomic mass is 32.2. The van der Waals surface area contributed by atoms with Crippen molar-refractivity contribution in [2.24, 2.45) is 11.3 Å². The third-order valence-corrected chi connectivity index (χ3v) is 8.86. The average molecular weight is 455 g/mol. The first-order chi connectivity index (χ1) is 15.3. The highest BCUT2D eigenvalue weighted by Crippen LogP contribution is 2.51. The summed E-state index contributed by atoms with van der Waals surface area (Å²) in [6.45, 7) is 2.73. The van der Waals surface area contributed by atoms with E-state index in [9.17, 15) is 13.2 Å². The number of ether oxygens (including phenoxy) is 1. The molecule has 0 aromatic heterocycles. The lowest BCUT2D eigenvalue weighted by atomic mass is 9.80. The Bertz CT molecular complexity index is 1120. The molecule has 1 heterocycles. The van der Waals surface area contributed by atoms with E-state index in [2.05, 4.69) is 18.2 Å². The van der Waals surface area contributed by atoms with Gasteiger partial charge in [-0.25, -0.2) is 0 Å². The topological polar surface area (TPSA) is 69.7 Å². The third kappa shape index (κ3) is 4.35. The Morgan fingerprint density at radius 3 is 2.66 bits per heavy atom. The van der Waals surface area contributed by atoms with Crippen LogP contribution >= 0.6 is 0 Å². The lowest BCUT2D eigenvalue weighted by molar-refractivity contribution is -0.137. The van der Waals surface area contributed by atoms with E-state index in [0.29, 0.717) is 18.9 Å². The predicted octanol–water partition coefficient (Wildman–Crippen LogP) is 4.71. The molecule has 2 fully saturated rings. The highest BCUT2D eigenvalue weighted by Gasteiger charge is 2.46. The lowest BCUT2D eigenvalue weighted by Gasteiger charge is -2.26. The monoisotopic (exact) mass is 454 g/mol. The Morgan fingerprint density at radius 1 is 1.09 bits per heavy atom. The van der Waals surface area contributed by atoms with E-state index in [1.165, 1.54) is 16.7 Å². The standard InChI is InChI=1S/C26H30O5S/c1-18-2-8-24(9-3-18)32(28,29)31-16-19-4-5-21-13-22(7-6-20(21)12-19)23-10-11-26(14-23)15-25(27)30-17-26/h2-3,6-9,13,19,23H,4-5,10-12,14-17H2,1H3/t19-,23+,26+/m1/s1. The number of hydrogen-bond donors (Lipinski definition) is 0. The summed E-state index contributed by atoms with van der Waals surface area (Å²) in [5.41, 5.74) is 5.12. The molecule has 0 N–H and O–H groups in total. The van der Waals surface area contributed by atoms with Crippen molar-refractivity contribution in [3.8, 4) is 0 Å². The first-order valence-corrected chi connectivity index (χ1v) is 13.0. The molecule has 1 spiro atoms. The Morgan fingerprint density at radius 2 is 1.91 bits per heavy atom. The zero-order chi connectivity index (χ0) is 22.3. The minimum Gasteiger partial charge on any atom is -0.465 e. The van der Waals surface area contributed by atoms with Gasteiger partial charge in [0.1, 0.15) is 0 Å². The fraction of sp³-hybridized carbons (Fsp3) is 0.500. The number of benzene rings is 2. The molecular formula is C26H30O5S. The zero-order valence-electron chi connectivity index (χ0n) is 18.5. The smallest absolute Gasteiger partial charge is 0.306 e. The maximum absolute atomic E-state index is 12.5. The first-order valence-electron chi connectivity index (χ1n) is 11.6. The molecule has 3 atom stereocenters. The molecule has 170 valence electrons. The van der Waals surface area contributed by atoms with Crippen molar-refractivity contribution < 1.29 is 22.1 Å². The summed E-state index contributed by atoms with van der Waals surface area (Å²) in [6.07, 6.45) is 6.50. The van der Waals surface area contributed by atoms with Gasteiger partial charge in [0.05, 0.1) is 24.5 Å². The van der Waals surface area contributed by atoms with Gasteiger partial charge in [-0.15, -0.1) is 0 Å². The molecule has 6 heteroatoms. The van der Waals surface area contributed by atoms with E-state index in [4.69, 9.17) is 8.92 Å². The summed E-state index contributed by atoms with van der Waals surface area (Å²) < 4.78 is 35.7. The molecule has 2 aromatic rings. The van der Waals surface area contributed by atoms with Gasteiger partial charge in [0.25, 0.3) is 10.1 Å². The quantitative estimate of drug-likeness (QED) is 0.484. The maximum atomic E-state index is 12.5. The van der Waals surface area contributed by atoms with Crippen molar-refractivity contribution in [1.82, 2.24) is 0 Å². The number of carbonyl (C=O) groups excluding carboxylic acids is 1. The number of fused-ring (bicyclic) bond motifs is 1. The second kappa shape index (κ2) is 8.31. The molecular weight excluding hydrogens is 424 g/mol. The molecule has 5 nitrogen and oxygen atoms in total. The molecule has 2 aromatic carbocycles. The van der Waals surface area contributed by atoms with E-state index in [-0.39, 0.29) is 28.8 Å². The van der Waals surface area contributed by atoms with E-state index < -0.39 is 10.1 Å². The normalized spacial score (nSPS) is 27.5. The molecule has 2 aliphatic carbocycles. The third-order valence-electron chi connectivity index (χ3n) is 7.56. The number of hydrogen-bond acceptors (Lipinski definition) is 5. The number of esters is 1. The molecule has 0 bridgehead atoms. The molecule has 1 saturated carbocycles. The molecule has 5 rings (SSSR count). The number of cyclic esters (lactones) is 1. The molecule has 0 unspecified atom stereocenters. The van der Waals surface area contributed by atoms with Crippen molar-refractivity contribution in [2.45, 2.75) is 62.7 Å². The fourth-order valence-corrected chi connectivity index (χ4v) is 6.61. The van der Waals surface area contributed by atoms with Crippen LogP contribution in [-0.4, -0.2) is 27.6 Å². The van der Waals surface area contributed by atoms with Crippen molar-refractivity contribution in [2.75, 3.05) is 13.2 Å². The Hall–Kier alpha value is -2.18. The van der Waals surface area contributed by atoms with Crippen LogP contribution in [0.3, 0.4) is 0 Å². The van der Waals surface area contributed by atoms with E-state index >= 15 is 0 Å². The minimum absolute atomic E-state index is 0.0475. The average Bonchev–Trinajstić information content (AvgIpc) is 3.37. The minimum atomic E-state index is -3.72. The lowest BCUT2D eigenvalue weighted by Crippen LogP contribution is -2.21. The van der Waals surface area contributed by atoms with Gasteiger partial charge in [-0.1, -0.05) is 35.9 Å². The molecule has 0 amide bonds. The Balaban J connectivity index is 1.21. The van der Waals surface area contributed by atoms with Crippen LogP contribution in [0.2, 0.25) is 0 Å². The molecule has 1 aliphatic heterocycles. The van der Waals surface area contributed by atoms with E-state index in [1.54, 1.807) is 24.3 Å². The van der Waals surface area contributed by atoms with Gasteiger partial charge >= 0.3 is 5.97 Å². The van der Waals surface area contributed by atoms with Gasteiger partial charge in [-0.2, -0.15) is 8.42 Å². The molecule has 0 radical (unpaired) electrons. The Kier molecular flexibility index (Phi) is 5.62. The maximum Gasteiger partial charge on any atom is 0.306 e. The summed E-state index contributed by atoms with van der Waals surface area (Å²) in [5, 5.41) is 0. The second-order valence-electron chi connectivity index (χ2n) is 9.97. The van der Waals surface area contributed by atoms with Crippen LogP contribution in [0, 0.1) is 18.3 Å². The summed E-state index contributed by atoms with van der Waals surface area (Å²) in [6, 6.07) is 13.6. The van der Waals surface area contributed by atoms with Crippen LogP contribution < -0.4 is 0 Å². The largest absolute Gasteiger partial charge is 0.465 e. The van der Waals surface area contributed by atoms with Crippen LogP contribution in [0.25, 0.3) is 0 Å². The van der Waals surface area contributed by atoms with Crippen LogP contribution in [-0.2, 0) is 36.7 Å². The van der Waals surface area contributed by atoms with Gasteiger partial charge < -0.3 is 4.74 Å². The Labute approximate surface area is 190 Å². The van der Waals surface area contributed by atoms with Gasteiger partial charge in [-0.05, 0) is 86.1 Å². The zero-order valence-corrected chi connectivity index (χ0v) is 19.3. The van der Waals surface area contributed by atoms with Crippen molar-refractivity contribution >= 4 is 16.1 Å². The van der Waals surface area contributed by atoms with Gasteiger partial charge in [0, 0.05) is 5.41 Å². The van der Waals surface area contributed by atoms with Crippen LogP contribution in [0.5, 0.6) is 0 Å². The van der Waals surface area contributed by atoms with Crippen molar-refractivity contribution in [3.05, 3.63) is 64.7 Å². The number of rotatable bonds is 5. The fourth-order valence-electron chi connectivity index (χ4n) is 5.63. The summed E-state index contributed by atoms with van der Waals surface area (Å²) >= 11 is 0. The van der Waals surface area contributed by atoms with Crippen molar-refractivity contribution in [3.63, 3.8) is 0 Å². The van der Waals surface area contributed by atoms with E-state index in [0.717, 1.165) is 44.1 Å². The van der Waals surface area contributed by atoms with Gasteiger partial charge in [-0.3, -0.25) is 8.98 Å². The van der Waals surface area contributed by atoms with E-state index in [1.807, 2.05) is 6.92 Å². The van der Waals surface area contributed by atoms with Gasteiger partial charge in [0.15, 0.2) is 0 Å². The van der Waals surface area contributed by atoms with Crippen LogP contribution in [0.1, 0.15) is 60.3 Å². The van der Waals surface area contributed by atoms with Crippen LogP contribution in [0.15, 0.2) is 47.4 Å². The first kappa shape index (κ1) is 21.7. The van der Waals surface area contributed by atoms with Crippen LogP contribution in [0.4, 0.5) is 0 Å².